The van der Waals surface area contributed by atoms with Gasteiger partial charge < -0.3 is 23.9 Å². The van der Waals surface area contributed by atoms with Crippen LogP contribution in [0.4, 0.5) is 13.2 Å². The van der Waals surface area contributed by atoms with Crippen molar-refractivity contribution in [2.24, 2.45) is 0 Å². The average molecular weight is 523 g/mol. The van der Waals surface area contributed by atoms with Crippen LogP contribution < -0.4 is 0 Å². The Balaban J connectivity index is 2.66. The first-order valence-electron chi connectivity index (χ1n) is 11.4. The second-order valence-corrected chi connectivity index (χ2v) is 7.52. The Morgan fingerprint density at radius 3 is 1.59 bits per heavy atom. The molecule has 0 saturated heterocycles. The van der Waals surface area contributed by atoms with Crippen molar-refractivity contribution in [2.75, 3.05) is 26.4 Å². The van der Waals surface area contributed by atoms with E-state index in [1.807, 2.05) is 0 Å². The second-order valence-electron chi connectivity index (χ2n) is 7.52. The lowest BCUT2D eigenvalue weighted by molar-refractivity contribution is -0.137. The molecule has 1 aromatic heterocycles. The van der Waals surface area contributed by atoms with Crippen LogP contribution in [-0.2, 0) is 25.1 Å². The van der Waals surface area contributed by atoms with Gasteiger partial charge in [0.15, 0.2) is 0 Å². The molecule has 2 aromatic carbocycles. The number of hydrogen-bond donors (Lipinski definition) is 1. The van der Waals surface area contributed by atoms with E-state index in [4.69, 9.17) is 18.9 Å². The zero-order chi connectivity index (χ0) is 27.5. The fraction of sp³-hybridized carbons (Fsp3) is 0.360. The molecular formula is C25H24F3NO8. The van der Waals surface area contributed by atoms with Gasteiger partial charge in [-0.25, -0.2) is 19.2 Å². The number of aromatic amines is 1. The Labute approximate surface area is 208 Å². The molecule has 37 heavy (non-hydrogen) atoms. The molecule has 12 heteroatoms. The molecule has 0 fully saturated rings. The number of rotatable bonds is 8. The van der Waals surface area contributed by atoms with E-state index in [9.17, 15) is 32.3 Å². The third-order valence-electron chi connectivity index (χ3n) is 5.29. The molecule has 0 unspecified atom stereocenters. The minimum absolute atomic E-state index is 0.0672. The lowest BCUT2D eigenvalue weighted by Crippen LogP contribution is -2.24. The Morgan fingerprint density at radius 2 is 1.14 bits per heavy atom. The monoisotopic (exact) mass is 523 g/mol. The highest BCUT2D eigenvalue weighted by atomic mass is 19.4. The van der Waals surface area contributed by atoms with Gasteiger partial charge >= 0.3 is 30.1 Å². The van der Waals surface area contributed by atoms with E-state index in [1.165, 1.54) is 27.7 Å². The summed E-state index contributed by atoms with van der Waals surface area (Å²) < 4.78 is 60.7. The van der Waals surface area contributed by atoms with Crippen molar-refractivity contribution in [3.05, 3.63) is 46.0 Å². The largest absolute Gasteiger partial charge is 0.462 e. The van der Waals surface area contributed by atoms with Crippen LogP contribution in [0, 0.1) is 0 Å². The molecule has 1 heterocycles. The molecule has 0 aliphatic heterocycles. The van der Waals surface area contributed by atoms with Gasteiger partial charge in [0.1, 0.15) is 0 Å². The number of ether oxygens (including phenoxy) is 4. The molecule has 0 spiro atoms. The first kappa shape index (κ1) is 27.5. The molecule has 0 amide bonds. The summed E-state index contributed by atoms with van der Waals surface area (Å²) in [6.45, 7) is 5.41. The Kier molecular flexibility index (Phi) is 8.09. The third-order valence-corrected chi connectivity index (χ3v) is 5.29. The normalized spacial score (nSPS) is 11.4. The van der Waals surface area contributed by atoms with Crippen LogP contribution in [0.3, 0.4) is 0 Å². The van der Waals surface area contributed by atoms with Crippen molar-refractivity contribution in [3.8, 4) is 0 Å². The fourth-order valence-electron chi connectivity index (χ4n) is 3.95. The van der Waals surface area contributed by atoms with E-state index in [2.05, 4.69) is 4.98 Å². The molecule has 0 aliphatic carbocycles. The number of benzene rings is 2. The summed E-state index contributed by atoms with van der Waals surface area (Å²) >= 11 is 0. The number of nitrogens with one attached hydrogen (secondary N) is 1. The summed E-state index contributed by atoms with van der Waals surface area (Å²) in [5.41, 5.74) is -3.51. The van der Waals surface area contributed by atoms with Gasteiger partial charge in [0.25, 0.3) is 0 Å². The number of aromatic nitrogens is 1. The summed E-state index contributed by atoms with van der Waals surface area (Å²) in [5.74, 6) is -4.41. The lowest BCUT2D eigenvalue weighted by Gasteiger charge is -2.18. The molecule has 0 bridgehead atoms. The van der Waals surface area contributed by atoms with Crippen LogP contribution in [0.1, 0.15) is 74.7 Å². The molecule has 1 N–H and O–H groups in total. The number of alkyl halides is 3. The summed E-state index contributed by atoms with van der Waals surface area (Å²) in [4.78, 5) is 55.3. The Morgan fingerprint density at radius 1 is 0.703 bits per heavy atom. The van der Waals surface area contributed by atoms with Gasteiger partial charge in [-0.2, -0.15) is 13.2 Å². The van der Waals surface area contributed by atoms with Crippen molar-refractivity contribution in [1.82, 2.24) is 4.98 Å². The fourth-order valence-corrected chi connectivity index (χ4v) is 3.95. The predicted molar refractivity (Wildman–Crippen MR) is 125 cm³/mol. The molecule has 198 valence electrons. The van der Waals surface area contributed by atoms with Crippen LogP contribution in [0.5, 0.6) is 0 Å². The van der Waals surface area contributed by atoms with Crippen LogP contribution in [0.25, 0.3) is 21.8 Å². The van der Waals surface area contributed by atoms with E-state index in [0.29, 0.717) is 0 Å². The quantitative estimate of drug-likeness (QED) is 0.322. The summed E-state index contributed by atoms with van der Waals surface area (Å²) in [5, 5.41) is -0.0427. The maximum Gasteiger partial charge on any atom is 0.416 e. The summed E-state index contributed by atoms with van der Waals surface area (Å²) in [6.07, 6.45) is -4.69. The Hall–Kier alpha value is -4.09. The number of carbonyl (C=O) groups is 4. The molecule has 0 radical (unpaired) electrons. The highest BCUT2D eigenvalue weighted by Gasteiger charge is 2.38. The van der Waals surface area contributed by atoms with Gasteiger partial charge in [-0.1, -0.05) is 6.07 Å². The summed E-state index contributed by atoms with van der Waals surface area (Å²) in [6, 6.07) is 2.67. The van der Waals surface area contributed by atoms with Crippen molar-refractivity contribution < 1.29 is 51.3 Å². The molecule has 0 saturated carbocycles. The SMILES string of the molecule is CCOC(=O)c1c(C(=O)OCC)c(C(=O)OCC)c2c([nH]c3cc(C(F)(F)F)ccc32)c1C(=O)OCC. The lowest BCUT2D eigenvalue weighted by atomic mass is 9.90. The molecule has 3 rings (SSSR count). The van der Waals surface area contributed by atoms with E-state index in [-0.39, 0.29) is 48.2 Å². The van der Waals surface area contributed by atoms with Gasteiger partial charge in [-0.15, -0.1) is 0 Å². The first-order chi connectivity index (χ1) is 17.5. The van der Waals surface area contributed by atoms with Gasteiger partial charge in [0.2, 0.25) is 0 Å². The van der Waals surface area contributed by atoms with Gasteiger partial charge in [-0.3, -0.25) is 0 Å². The molecular weight excluding hydrogens is 499 g/mol. The van der Waals surface area contributed by atoms with E-state index < -0.39 is 57.9 Å². The standard InChI is InChI=1S/C25H24F3NO8/c1-5-34-21(30)16-15-13-10-9-12(25(26,27)28)11-14(13)29-20(15)19(24(33)37-8-4)18(23(32)36-7-3)17(16)22(31)35-6-2/h9-11,29H,5-8H2,1-4H3. The maximum absolute atomic E-state index is 13.4. The van der Waals surface area contributed by atoms with E-state index in [1.54, 1.807) is 0 Å². The van der Waals surface area contributed by atoms with Gasteiger partial charge in [0.05, 0.1) is 59.8 Å². The minimum atomic E-state index is -4.69. The van der Waals surface area contributed by atoms with E-state index >= 15 is 0 Å². The molecule has 3 aromatic rings. The number of fused-ring (bicyclic) bond motifs is 3. The highest BCUT2D eigenvalue weighted by molar-refractivity contribution is 6.28. The molecule has 0 atom stereocenters. The topological polar surface area (TPSA) is 121 Å². The number of esters is 4. The zero-order valence-electron chi connectivity index (χ0n) is 20.5. The van der Waals surface area contributed by atoms with Crippen LogP contribution in [-0.4, -0.2) is 55.3 Å². The van der Waals surface area contributed by atoms with Gasteiger partial charge in [-0.05, 0) is 39.8 Å². The number of H-pyrrole nitrogens is 1. The van der Waals surface area contributed by atoms with Gasteiger partial charge in [0, 0.05) is 16.3 Å². The highest BCUT2D eigenvalue weighted by Crippen LogP contribution is 2.40. The number of hydrogen-bond acceptors (Lipinski definition) is 8. The average Bonchev–Trinajstić information content (AvgIpc) is 3.20. The van der Waals surface area contributed by atoms with Crippen LogP contribution in [0.15, 0.2) is 18.2 Å². The first-order valence-corrected chi connectivity index (χ1v) is 11.4. The zero-order valence-corrected chi connectivity index (χ0v) is 20.5. The van der Waals surface area contributed by atoms with Crippen LogP contribution >= 0.6 is 0 Å². The maximum atomic E-state index is 13.4. The number of halogens is 3. The Bertz CT molecular complexity index is 1390. The van der Waals surface area contributed by atoms with Crippen molar-refractivity contribution >= 4 is 45.7 Å². The summed E-state index contributed by atoms with van der Waals surface area (Å²) in [7, 11) is 0. The van der Waals surface area contributed by atoms with Crippen molar-refractivity contribution in [1.29, 1.82) is 0 Å². The third kappa shape index (κ3) is 5.09. The van der Waals surface area contributed by atoms with Crippen molar-refractivity contribution in [3.63, 3.8) is 0 Å². The van der Waals surface area contributed by atoms with Crippen molar-refractivity contribution in [2.45, 2.75) is 33.9 Å². The van der Waals surface area contributed by atoms with E-state index in [0.717, 1.165) is 18.2 Å². The minimum Gasteiger partial charge on any atom is -0.462 e. The molecule has 0 aliphatic rings. The predicted octanol–water partition coefficient (Wildman–Crippen LogP) is 5.05. The van der Waals surface area contributed by atoms with Crippen LogP contribution in [0.2, 0.25) is 0 Å². The second kappa shape index (κ2) is 10.9. The number of carbonyl (C=O) groups excluding carboxylic acids is 4. The molecule has 9 nitrogen and oxygen atoms in total. The smallest absolute Gasteiger partial charge is 0.416 e.